The van der Waals surface area contributed by atoms with Gasteiger partial charge in [-0.1, -0.05) is 0 Å². The lowest BCUT2D eigenvalue weighted by atomic mass is 9.77. The van der Waals surface area contributed by atoms with E-state index in [0.29, 0.717) is 5.95 Å². The molecule has 3 heterocycles. The van der Waals surface area contributed by atoms with E-state index < -0.39 is 5.82 Å². The molecule has 2 aliphatic rings. The lowest BCUT2D eigenvalue weighted by Gasteiger charge is -2.37. The first-order chi connectivity index (χ1) is 8.70. The zero-order valence-electron chi connectivity index (χ0n) is 10.0. The van der Waals surface area contributed by atoms with Gasteiger partial charge in [-0.2, -0.15) is 0 Å². The number of halogens is 1. The van der Waals surface area contributed by atoms with Crippen LogP contribution in [0.15, 0.2) is 12.4 Å². The van der Waals surface area contributed by atoms with Gasteiger partial charge in [-0.25, -0.2) is 14.4 Å². The molecule has 1 aromatic heterocycles. The standard InChI is InChI=1S/C12H15FN4O/c13-9-7-15-11(16-8-9)17-5-2-12(3-6-17)1-4-14-10(12)18/h7-8H,1-6H2,(H,14,18). The number of hydrogen-bond donors (Lipinski definition) is 1. The van der Waals surface area contributed by atoms with E-state index in [1.807, 2.05) is 4.90 Å². The molecule has 2 fully saturated rings. The van der Waals surface area contributed by atoms with Gasteiger partial charge in [-0.3, -0.25) is 4.79 Å². The summed E-state index contributed by atoms with van der Waals surface area (Å²) in [6.45, 7) is 2.28. The topological polar surface area (TPSA) is 58.1 Å². The van der Waals surface area contributed by atoms with E-state index >= 15 is 0 Å². The molecular formula is C12H15FN4O. The zero-order chi connectivity index (χ0) is 12.6. The maximum atomic E-state index is 12.7. The number of carbonyl (C=O) groups is 1. The van der Waals surface area contributed by atoms with Crippen molar-refractivity contribution in [2.45, 2.75) is 19.3 Å². The van der Waals surface area contributed by atoms with Crippen LogP contribution >= 0.6 is 0 Å². The fourth-order valence-electron chi connectivity index (χ4n) is 2.80. The summed E-state index contributed by atoms with van der Waals surface area (Å²) in [6, 6.07) is 0. The number of amides is 1. The predicted octanol–water partition coefficient (Wildman–Crippen LogP) is 0.722. The van der Waals surface area contributed by atoms with Gasteiger partial charge >= 0.3 is 0 Å². The van der Waals surface area contributed by atoms with Crippen LogP contribution in [-0.2, 0) is 4.79 Å². The molecular weight excluding hydrogens is 235 g/mol. The van der Waals surface area contributed by atoms with Crippen LogP contribution < -0.4 is 10.2 Å². The van der Waals surface area contributed by atoms with Gasteiger partial charge in [-0.15, -0.1) is 0 Å². The molecule has 1 amide bonds. The highest BCUT2D eigenvalue weighted by Gasteiger charge is 2.44. The molecule has 0 aliphatic carbocycles. The maximum Gasteiger partial charge on any atom is 0.226 e. The summed E-state index contributed by atoms with van der Waals surface area (Å²) in [5.74, 6) is 0.300. The molecule has 0 atom stereocenters. The van der Waals surface area contributed by atoms with Gasteiger partial charge in [0.1, 0.15) is 0 Å². The average molecular weight is 250 g/mol. The van der Waals surface area contributed by atoms with Crippen LogP contribution in [0.2, 0.25) is 0 Å². The summed E-state index contributed by atoms with van der Waals surface area (Å²) in [5, 5.41) is 2.90. The lowest BCUT2D eigenvalue weighted by Crippen LogP contribution is -2.44. The molecule has 0 aromatic carbocycles. The Kier molecular flexibility index (Phi) is 2.65. The van der Waals surface area contributed by atoms with E-state index in [0.717, 1.165) is 38.9 Å². The predicted molar refractivity (Wildman–Crippen MR) is 63.5 cm³/mol. The number of aromatic nitrogens is 2. The number of rotatable bonds is 1. The van der Waals surface area contributed by atoms with Crippen molar-refractivity contribution in [2.24, 2.45) is 5.41 Å². The molecule has 5 nitrogen and oxygen atoms in total. The van der Waals surface area contributed by atoms with Crippen LogP contribution in [0.25, 0.3) is 0 Å². The normalized spacial score (nSPS) is 22.3. The van der Waals surface area contributed by atoms with E-state index in [-0.39, 0.29) is 11.3 Å². The number of hydrogen-bond acceptors (Lipinski definition) is 4. The molecule has 0 bridgehead atoms. The summed E-state index contributed by atoms with van der Waals surface area (Å²) in [5.41, 5.74) is -0.184. The SMILES string of the molecule is O=C1NCCC12CCN(c1ncc(F)cn1)CC2. The van der Waals surface area contributed by atoms with Gasteiger partial charge in [-0.05, 0) is 19.3 Å². The molecule has 0 unspecified atom stereocenters. The summed E-state index contributed by atoms with van der Waals surface area (Å²) in [4.78, 5) is 21.8. The Hall–Kier alpha value is -1.72. The molecule has 18 heavy (non-hydrogen) atoms. The van der Waals surface area contributed by atoms with Gasteiger partial charge < -0.3 is 10.2 Å². The number of anilines is 1. The Labute approximate surface area is 104 Å². The zero-order valence-corrected chi connectivity index (χ0v) is 10.0. The third kappa shape index (κ3) is 1.81. The number of carbonyl (C=O) groups excluding carboxylic acids is 1. The third-order valence-electron chi connectivity index (χ3n) is 3.98. The summed E-state index contributed by atoms with van der Waals surface area (Å²) in [6.07, 6.45) is 4.91. The van der Waals surface area contributed by atoms with Crippen molar-refractivity contribution in [1.29, 1.82) is 0 Å². The highest BCUT2D eigenvalue weighted by atomic mass is 19.1. The monoisotopic (exact) mass is 250 g/mol. The van der Waals surface area contributed by atoms with Crippen molar-refractivity contribution in [3.8, 4) is 0 Å². The Morgan fingerprint density at radius 2 is 1.89 bits per heavy atom. The Bertz CT molecular complexity index is 454. The first kappa shape index (κ1) is 11.4. The number of piperidine rings is 1. The van der Waals surface area contributed by atoms with Crippen LogP contribution in [-0.4, -0.2) is 35.5 Å². The van der Waals surface area contributed by atoms with Gasteiger partial charge in [0.25, 0.3) is 0 Å². The minimum absolute atomic E-state index is 0.183. The molecule has 1 aromatic rings. The van der Waals surface area contributed by atoms with Gasteiger partial charge in [0.05, 0.1) is 17.8 Å². The summed E-state index contributed by atoms with van der Waals surface area (Å²) in [7, 11) is 0. The fourth-order valence-corrected chi connectivity index (χ4v) is 2.80. The molecule has 2 saturated heterocycles. The van der Waals surface area contributed by atoms with E-state index in [1.54, 1.807) is 0 Å². The fraction of sp³-hybridized carbons (Fsp3) is 0.583. The van der Waals surface area contributed by atoms with Crippen molar-refractivity contribution in [2.75, 3.05) is 24.5 Å². The number of nitrogens with one attached hydrogen (secondary N) is 1. The molecule has 2 aliphatic heterocycles. The van der Waals surface area contributed by atoms with Crippen molar-refractivity contribution in [3.05, 3.63) is 18.2 Å². The maximum absolute atomic E-state index is 12.7. The highest BCUT2D eigenvalue weighted by molar-refractivity contribution is 5.85. The molecule has 3 rings (SSSR count). The quantitative estimate of drug-likeness (QED) is 0.798. The minimum atomic E-state index is -0.428. The van der Waals surface area contributed by atoms with E-state index in [4.69, 9.17) is 0 Å². The van der Waals surface area contributed by atoms with Crippen LogP contribution in [0.1, 0.15) is 19.3 Å². The van der Waals surface area contributed by atoms with Crippen LogP contribution in [0.4, 0.5) is 10.3 Å². The van der Waals surface area contributed by atoms with Crippen molar-refractivity contribution in [1.82, 2.24) is 15.3 Å². The molecule has 0 saturated carbocycles. The van der Waals surface area contributed by atoms with Crippen molar-refractivity contribution >= 4 is 11.9 Å². The van der Waals surface area contributed by atoms with E-state index in [9.17, 15) is 9.18 Å². The summed E-state index contributed by atoms with van der Waals surface area (Å²) >= 11 is 0. The van der Waals surface area contributed by atoms with E-state index in [1.165, 1.54) is 12.4 Å². The average Bonchev–Trinajstić information content (AvgIpc) is 2.73. The molecule has 1 spiro atoms. The molecule has 0 radical (unpaired) electrons. The second kappa shape index (κ2) is 4.19. The highest BCUT2D eigenvalue weighted by Crippen LogP contribution is 2.38. The summed E-state index contributed by atoms with van der Waals surface area (Å²) < 4.78 is 12.7. The van der Waals surface area contributed by atoms with Crippen LogP contribution in [0.5, 0.6) is 0 Å². The third-order valence-corrected chi connectivity index (χ3v) is 3.98. The first-order valence-electron chi connectivity index (χ1n) is 6.20. The Morgan fingerprint density at radius 3 is 2.44 bits per heavy atom. The van der Waals surface area contributed by atoms with Gasteiger partial charge in [0.15, 0.2) is 5.82 Å². The van der Waals surface area contributed by atoms with E-state index in [2.05, 4.69) is 15.3 Å². The second-order valence-electron chi connectivity index (χ2n) is 4.97. The smallest absolute Gasteiger partial charge is 0.226 e. The molecule has 96 valence electrons. The largest absolute Gasteiger partial charge is 0.356 e. The number of nitrogens with zero attached hydrogens (tertiary/aromatic N) is 3. The van der Waals surface area contributed by atoms with Crippen molar-refractivity contribution in [3.63, 3.8) is 0 Å². The van der Waals surface area contributed by atoms with Gasteiger partial charge in [0.2, 0.25) is 11.9 Å². The Morgan fingerprint density at radius 1 is 1.22 bits per heavy atom. The minimum Gasteiger partial charge on any atom is -0.356 e. The second-order valence-corrected chi connectivity index (χ2v) is 4.97. The van der Waals surface area contributed by atoms with Crippen LogP contribution in [0.3, 0.4) is 0 Å². The Balaban J connectivity index is 1.70. The molecule has 6 heteroatoms. The first-order valence-corrected chi connectivity index (χ1v) is 6.20. The lowest BCUT2D eigenvalue weighted by molar-refractivity contribution is -0.128. The van der Waals surface area contributed by atoms with Gasteiger partial charge in [0, 0.05) is 19.6 Å². The van der Waals surface area contributed by atoms with Crippen LogP contribution in [0, 0.1) is 11.2 Å². The van der Waals surface area contributed by atoms with Crippen molar-refractivity contribution < 1.29 is 9.18 Å². The molecule has 1 N–H and O–H groups in total.